The van der Waals surface area contributed by atoms with Gasteiger partial charge in [0.25, 0.3) is 0 Å². The fraction of sp³-hybridized carbons (Fsp3) is 0.462. The van der Waals surface area contributed by atoms with Gasteiger partial charge in [0.2, 0.25) is 0 Å². The third kappa shape index (κ3) is 2.23. The number of fused-ring (bicyclic) bond motifs is 1. The van der Waals surface area contributed by atoms with Crippen LogP contribution in [0.5, 0.6) is 0 Å². The van der Waals surface area contributed by atoms with Crippen LogP contribution in [0, 0.1) is 5.92 Å². The van der Waals surface area contributed by atoms with Gasteiger partial charge in [-0.3, -0.25) is 0 Å². The van der Waals surface area contributed by atoms with E-state index in [1.54, 1.807) is 0 Å². The van der Waals surface area contributed by atoms with E-state index in [0.717, 1.165) is 34.7 Å². The molecular weight excluding hydrogens is 273 g/mol. The fourth-order valence-corrected chi connectivity index (χ4v) is 3.28. The summed E-state index contributed by atoms with van der Waals surface area (Å²) in [6.07, 6.45) is -2.20. The molecule has 6 heteroatoms. The zero-order valence-corrected chi connectivity index (χ0v) is 11.1. The van der Waals surface area contributed by atoms with E-state index in [2.05, 4.69) is 4.98 Å². The number of thiazole rings is 1. The van der Waals surface area contributed by atoms with Gasteiger partial charge >= 0.3 is 6.18 Å². The molecule has 1 aromatic heterocycles. The van der Waals surface area contributed by atoms with E-state index < -0.39 is 17.3 Å². The highest BCUT2D eigenvalue weighted by molar-refractivity contribution is 7.18. The minimum Gasteiger partial charge on any atom is -0.319 e. The third-order valence-corrected chi connectivity index (χ3v) is 4.89. The second-order valence-electron chi connectivity index (χ2n) is 5.26. The Bertz CT molecular complexity index is 626. The first-order chi connectivity index (χ1) is 8.78. The van der Waals surface area contributed by atoms with Crippen molar-refractivity contribution < 1.29 is 13.2 Å². The molecule has 0 saturated heterocycles. The second-order valence-corrected chi connectivity index (χ2v) is 6.29. The van der Waals surface area contributed by atoms with E-state index in [4.69, 9.17) is 5.73 Å². The van der Waals surface area contributed by atoms with Crippen LogP contribution in [0.2, 0.25) is 0 Å². The van der Waals surface area contributed by atoms with Crippen molar-refractivity contribution >= 4 is 21.6 Å². The summed E-state index contributed by atoms with van der Waals surface area (Å²) in [5, 5.41) is 0.726. The van der Waals surface area contributed by atoms with Crippen molar-refractivity contribution in [2.75, 3.05) is 0 Å². The standard InChI is InChI=1S/C13H13F3N2S/c1-12(17,7-2-3-7)11-18-9-6-8(13(14,15)16)4-5-10(9)19-11/h4-7H,2-3,17H2,1H3. The lowest BCUT2D eigenvalue weighted by Gasteiger charge is -2.20. The number of nitrogens with two attached hydrogens (primary N) is 1. The molecule has 1 heterocycles. The maximum atomic E-state index is 12.6. The smallest absolute Gasteiger partial charge is 0.319 e. The second kappa shape index (κ2) is 3.93. The summed E-state index contributed by atoms with van der Waals surface area (Å²) in [4.78, 5) is 4.31. The maximum absolute atomic E-state index is 12.6. The number of rotatable bonds is 2. The van der Waals surface area contributed by atoms with E-state index >= 15 is 0 Å². The first-order valence-electron chi connectivity index (χ1n) is 6.05. The van der Waals surface area contributed by atoms with Crippen LogP contribution in [0.25, 0.3) is 10.2 Å². The van der Waals surface area contributed by atoms with Crippen LogP contribution < -0.4 is 5.73 Å². The highest BCUT2D eigenvalue weighted by Crippen LogP contribution is 2.45. The van der Waals surface area contributed by atoms with Crippen LogP contribution in [0.4, 0.5) is 13.2 Å². The SMILES string of the molecule is CC(N)(c1nc2cc(C(F)(F)F)ccc2s1)C1CC1. The largest absolute Gasteiger partial charge is 0.416 e. The van der Waals surface area contributed by atoms with Gasteiger partial charge in [0.15, 0.2) is 0 Å². The fourth-order valence-electron chi connectivity index (χ4n) is 2.19. The molecule has 1 atom stereocenters. The molecule has 2 N–H and O–H groups in total. The zero-order valence-electron chi connectivity index (χ0n) is 10.3. The molecule has 0 amide bonds. The van der Waals surface area contributed by atoms with E-state index in [1.807, 2.05) is 6.92 Å². The Hall–Kier alpha value is -1.14. The molecule has 0 radical (unpaired) electrons. The summed E-state index contributed by atoms with van der Waals surface area (Å²) in [6.45, 7) is 1.91. The zero-order chi connectivity index (χ0) is 13.8. The van der Waals surface area contributed by atoms with Gasteiger partial charge in [0.05, 0.1) is 21.3 Å². The number of alkyl halides is 3. The maximum Gasteiger partial charge on any atom is 0.416 e. The molecule has 0 aliphatic heterocycles. The third-order valence-electron chi connectivity index (χ3n) is 3.60. The van der Waals surface area contributed by atoms with Crippen molar-refractivity contribution in [3.8, 4) is 0 Å². The topological polar surface area (TPSA) is 38.9 Å². The first kappa shape index (κ1) is 12.9. The number of hydrogen-bond acceptors (Lipinski definition) is 3. The van der Waals surface area contributed by atoms with Gasteiger partial charge in [-0.2, -0.15) is 13.2 Å². The Morgan fingerprint density at radius 3 is 2.58 bits per heavy atom. The lowest BCUT2D eigenvalue weighted by atomic mass is 9.98. The first-order valence-corrected chi connectivity index (χ1v) is 6.87. The molecular formula is C13H13F3N2S. The molecule has 1 aliphatic carbocycles. The Morgan fingerprint density at radius 2 is 2.00 bits per heavy atom. The van der Waals surface area contributed by atoms with Gasteiger partial charge in [-0.1, -0.05) is 0 Å². The quantitative estimate of drug-likeness (QED) is 0.909. The number of hydrogen-bond donors (Lipinski definition) is 1. The Labute approximate surface area is 112 Å². The van der Waals surface area contributed by atoms with E-state index in [0.29, 0.717) is 11.4 Å². The Morgan fingerprint density at radius 1 is 1.32 bits per heavy atom. The van der Waals surface area contributed by atoms with Crippen LogP contribution in [0.1, 0.15) is 30.3 Å². The van der Waals surface area contributed by atoms with Crippen molar-refractivity contribution in [3.05, 3.63) is 28.8 Å². The predicted molar refractivity (Wildman–Crippen MR) is 68.9 cm³/mol. The Kier molecular flexibility index (Phi) is 2.66. The average Bonchev–Trinajstić information content (AvgIpc) is 3.07. The van der Waals surface area contributed by atoms with E-state index in [1.165, 1.54) is 17.4 Å². The Balaban J connectivity index is 2.06. The van der Waals surface area contributed by atoms with Crippen molar-refractivity contribution in [2.24, 2.45) is 11.7 Å². The molecule has 1 aliphatic rings. The monoisotopic (exact) mass is 286 g/mol. The molecule has 102 valence electrons. The van der Waals surface area contributed by atoms with Crippen molar-refractivity contribution in [3.63, 3.8) is 0 Å². The number of halogens is 3. The average molecular weight is 286 g/mol. The van der Waals surface area contributed by atoms with Crippen LogP contribution in [-0.4, -0.2) is 4.98 Å². The van der Waals surface area contributed by atoms with Gasteiger partial charge in [-0.25, -0.2) is 4.98 Å². The van der Waals surface area contributed by atoms with Gasteiger partial charge in [-0.05, 0) is 43.9 Å². The summed E-state index contributed by atoms with van der Waals surface area (Å²) in [7, 11) is 0. The predicted octanol–water partition coefficient (Wildman–Crippen LogP) is 3.90. The number of nitrogens with zero attached hydrogens (tertiary/aromatic N) is 1. The molecule has 1 aromatic carbocycles. The van der Waals surface area contributed by atoms with Crippen LogP contribution in [-0.2, 0) is 11.7 Å². The molecule has 1 fully saturated rings. The van der Waals surface area contributed by atoms with Crippen molar-refractivity contribution in [1.29, 1.82) is 0 Å². The summed E-state index contributed by atoms with van der Waals surface area (Å²) in [5.74, 6) is 0.398. The van der Waals surface area contributed by atoms with Crippen LogP contribution in [0.15, 0.2) is 18.2 Å². The molecule has 0 spiro atoms. The number of benzene rings is 1. The van der Waals surface area contributed by atoms with Gasteiger partial charge < -0.3 is 5.73 Å². The molecule has 1 saturated carbocycles. The minimum absolute atomic E-state index is 0.382. The molecule has 1 unspecified atom stereocenters. The molecule has 0 bridgehead atoms. The van der Waals surface area contributed by atoms with Crippen molar-refractivity contribution in [2.45, 2.75) is 31.5 Å². The van der Waals surface area contributed by atoms with E-state index in [-0.39, 0.29) is 0 Å². The molecule has 2 nitrogen and oxygen atoms in total. The summed E-state index contributed by atoms with van der Waals surface area (Å²) >= 11 is 1.39. The molecule has 2 aromatic rings. The summed E-state index contributed by atoms with van der Waals surface area (Å²) in [6, 6.07) is 3.66. The highest BCUT2D eigenvalue weighted by Gasteiger charge is 2.42. The summed E-state index contributed by atoms with van der Waals surface area (Å²) < 4.78 is 38.7. The van der Waals surface area contributed by atoms with Crippen molar-refractivity contribution in [1.82, 2.24) is 4.98 Å². The minimum atomic E-state index is -4.33. The van der Waals surface area contributed by atoms with E-state index in [9.17, 15) is 13.2 Å². The molecule has 19 heavy (non-hydrogen) atoms. The molecule has 3 rings (SSSR count). The van der Waals surface area contributed by atoms with Crippen LogP contribution >= 0.6 is 11.3 Å². The summed E-state index contributed by atoms with van der Waals surface area (Å²) in [5.41, 5.74) is 5.45. The van der Waals surface area contributed by atoms with Gasteiger partial charge in [-0.15, -0.1) is 11.3 Å². The normalized spacial score (nSPS) is 19.6. The lowest BCUT2D eigenvalue weighted by Crippen LogP contribution is -2.35. The van der Waals surface area contributed by atoms with Gasteiger partial charge in [0.1, 0.15) is 5.01 Å². The highest BCUT2D eigenvalue weighted by atomic mass is 32.1. The lowest BCUT2D eigenvalue weighted by molar-refractivity contribution is -0.137. The van der Waals surface area contributed by atoms with Crippen LogP contribution in [0.3, 0.4) is 0 Å². The van der Waals surface area contributed by atoms with Gasteiger partial charge in [0, 0.05) is 0 Å². The number of aromatic nitrogens is 1.